The van der Waals surface area contributed by atoms with E-state index in [4.69, 9.17) is 60.5 Å². The summed E-state index contributed by atoms with van der Waals surface area (Å²) in [4.78, 5) is 128. The molecule has 0 saturated carbocycles. The van der Waals surface area contributed by atoms with Gasteiger partial charge in [-0.3, -0.25) is 0 Å². The Labute approximate surface area is 439 Å². The highest BCUT2D eigenvalue weighted by Gasteiger charge is 2.19. The molecule has 0 fully saturated rings. The van der Waals surface area contributed by atoms with Gasteiger partial charge in [-0.25, -0.2) is 57.5 Å². The summed E-state index contributed by atoms with van der Waals surface area (Å²) in [7, 11) is 0. The molecular weight excluding hydrogens is 1030 g/mol. The van der Waals surface area contributed by atoms with Crippen molar-refractivity contribution in [3.8, 4) is 0 Å². The summed E-state index contributed by atoms with van der Waals surface area (Å²) in [6.07, 6.45) is 2.84. The minimum atomic E-state index is -1.23. The summed E-state index contributed by atoms with van der Waals surface area (Å²) >= 11 is 0. The fourth-order valence-corrected chi connectivity index (χ4v) is 5.54. The van der Waals surface area contributed by atoms with Gasteiger partial charge in [0.2, 0.25) is 0 Å². The van der Waals surface area contributed by atoms with Crippen molar-refractivity contribution in [1.82, 2.24) is 0 Å². The van der Waals surface area contributed by atoms with Crippen molar-refractivity contribution < 1.29 is 118 Å². The summed E-state index contributed by atoms with van der Waals surface area (Å²) in [6, 6.07) is 33.7. The van der Waals surface area contributed by atoms with E-state index in [-0.39, 0.29) is 80.0 Å². The lowest BCUT2D eigenvalue weighted by Crippen LogP contribution is -2.11. The third-order valence-corrected chi connectivity index (χ3v) is 8.97. The molecule has 24 heteroatoms. The number of carbonyl (C=O) groups excluding carboxylic acids is 2. The van der Waals surface area contributed by atoms with Crippen LogP contribution in [0.15, 0.2) is 171 Å². The predicted molar refractivity (Wildman–Crippen MR) is 269 cm³/mol. The highest BCUT2D eigenvalue weighted by molar-refractivity contribution is 6.05. The molecule has 0 radical (unpaired) electrons. The molecule has 0 atom stereocenters. The first-order chi connectivity index (χ1) is 36.8. The molecule has 78 heavy (non-hydrogen) atoms. The monoisotopic (exact) mass is 1080 g/mol. The van der Waals surface area contributed by atoms with Gasteiger partial charge in [0.25, 0.3) is 0 Å². The Morgan fingerprint density at radius 3 is 0.487 bits per heavy atom. The average Bonchev–Trinajstić information content (AvgIpc) is 3.42. The minimum absolute atomic E-state index is 0.0480. The third-order valence-electron chi connectivity index (χ3n) is 8.97. The molecule has 0 aliphatic carbocycles. The summed E-state index contributed by atoms with van der Waals surface area (Å²) in [5, 5.41) is 86.0. The van der Waals surface area contributed by atoms with E-state index in [2.05, 4.69) is 13.2 Å². The molecule has 6 rings (SSSR count). The van der Waals surface area contributed by atoms with E-state index >= 15 is 0 Å². The maximum absolute atomic E-state index is 11.4. The molecule has 0 heterocycles. The molecule has 0 saturated heterocycles. The second-order valence-corrected chi connectivity index (χ2v) is 14.1. The zero-order chi connectivity index (χ0) is 59.1. The summed E-state index contributed by atoms with van der Waals surface area (Å²) in [6.45, 7) is 6.91. The first kappa shape index (κ1) is 64.5. The van der Waals surface area contributed by atoms with Crippen LogP contribution in [-0.2, 0) is 9.47 Å². The van der Waals surface area contributed by atoms with Crippen LogP contribution in [0.5, 0.6) is 0 Å². The van der Waals surface area contributed by atoms with Crippen molar-refractivity contribution in [2.24, 2.45) is 0 Å². The Balaban J connectivity index is 0.000000469. The Kier molecular flexibility index (Phi) is 27.5. The number of hydrogen-bond acceptors (Lipinski definition) is 14. The SMILES string of the molecule is C=CCOC(=O)c1ccccc1C(=O)O.C=CCOC(=O)c1ccccc1C(=O)O.O=C(O)c1ccccc1C(=O)O.O=C(O)c1ccccc1C(=O)O.O=C(O)c1ccccc1C(=O)O.O=C(O)c1ccccc1C(=O)O. The van der Waals surface area contributed by atoms with Gasteiger partial charge in [0, 0.05) is 0 Å². The van der Waals surface area contributed by atoms with Gasteiger partial charge in [0.15, 0.2) is 0 Å². The van der Waals surface area contributed by atoms with Crippen LogP contribution in [0.2, 0.25) is 0 Å². The first-order valence-electron chi connectivity index (χ1n) is 21.3. The topological polar surface area (TPSA) is 426 Å². The molecule has 0 aromatic heterocycles. The van der Waals surface area contributed by atoms with Crippen molar-refractivity contribution in [3.63, 3.8) is 0 Å². The summed E-state index contributed by atoms with van der Waals surface area (Å²) in [5.74, 6) is -13.5. The number of hydrogen-bond donors (Lipinski definition) is 10. The predicted octanol–water partition coefficient (Wildman–Crippen LogP) is 7.79. The molecule has 6 aromatic carbocycles. The molecular formula is C54H44O24. The number of aromatic carboxylic acids is 10. The number of ether oxygens (including phenoxy) is 2. The largest absolute Gasteiger partial charge is 0.478 e. The van der Waals surface area contributed by atoms with Gasteiger partial charge in [0.05, 0.1) is 66.8 Å². The zero-order valence-electron chi connectivity index (χ0n) is 40.0. The van der Waals surface area contributed by atoms with E-state index in [0.717, 1.165) is 0 Å². The van der Waals surface area contributed by atoms with Crippen LogP contribution < -0.4 is 0 Å². The third kappa shape index (κ3) is 21.3. The molecule has 10 N–H and O–H groups in total. The standard InChI is InChI=1S/2C11H10O4.4C8H6O4/c2*1-2-7-15-11(14)9-6-4-3-5-8(9)10(12)13;4*9-7(10)5-3-1-2-4-6(5)8(11)12/h2*2-6H,1,7H2,(H,12,13);4*1-4H,(H,9,10)(H,11,12). The van der Waals surface area contributed by atoms with Crippen LogP contribution >= 0.6 is 0 Å². The second-order valence-electron chi connectivity index (χ2n) is 14.1. The number of carboxylic acids is 10. The van der Waals surface area contributed by atoms with E-state index in [1.54, 1.807) is 24.3 Å². The van der Waals surface area contributed by atoms with E-state index in [9.17, 15) is 57.5 Å². The van der Waals surface area contributed by atoms with E-state index in [1.165, 1.54) is 133 Å². The smallest absolute Gasteiger partial charge is 0.339 e. The number of carboxylic acid groups (broad SMARTS) is 10. The Bertz CT molecular complexity index is 2730. The van der Waals surface area contributed by atoms with E-state index in [0.29, 0.717) is 0 Å². The van der Waals surface area contributed by atoms with Crippen molar-refractivity contribution >= 4 is 71.6 Å². The zero-order valence-corrected chi connectivity index (χ0v) is 40.0. The average molecular weight is 1080 g/mol. The number of carbonyl (C=O) groups is 12. The highest BCUT2D eigenvalue weighted by atomic mass is 16.5. The maximum atomic E-state index is 11.4. The first-order valence-corrected chi connectivity index (χ1v) is 21.3. The van der Waals surface area contributed by atoms with Gasteiger partial charge in [-0.15, -0.1) is 0 Å². The Morgan fingerprint density at radius 2 is 0.372 bits per heavy atom. The lowest BCUT2D eigenvalue weighted by Gasteiger charge is -2.04. The van der Waals surface area contributed by atoms with Crippen molar-refractivity contribution in [3.05, 3.63) is 238 Å². The number of benzene rings is 6. The number of rotatable bonds is 16. The van der Waals surface area contributed by atoms with Crippen molar-refractivity contribution in [2.45, 2.75) is 0 Å². The second kappa shape index (κ2) is 33.2. The van der Waals surface area contributed by atoms with Crippen molar-refractivity contribution in [1.29, 1.82) is 0 Å². The van der Waals surface area contributed by atoms with Gasteiger partial charge in [-0.05, 0) is 72.8 Å². The highest BCUT2D eigenvalue weighted by Crippen LogP contribution is 2.13. The fourth-order valence-electron chi connectivity index (χ4n) is 5.54. The number of esters is 2. The Hall–Kier alpha value is -11.6. The lowest BCUT2D eigenvalue weighted by atomic mass is 10.1. The van der Waals surface area contributed by atoms with Gasteiger partial charge >= 0.3 is 71.6 Å². The van der Waals surface area contributed by atoms with Gasteiger partial charge < -0.3 is 60.5 Å². The van der Waals surface area contributed by atoms with Crippen LogP contribution in [-0.4, -0.2) is 136 Å². The molecule has 0 aliphatic heterocycles. The van der Waals surface area contributed by atoms with Crippen LogP contribution in [0, 0.1) is 0 Å². The normalized spacial score (nSPS) is 9.33. The summed E-state index contributed by atoms with van der Waals surface area (Å²) in [5.41, 5.74) is -1.55. The molecule has 0 bridgehead atoms. The molecule has 0 unspecified atom stereocenters. The van der Waals surface area contributed by atoms with Crippen molar-refractivity contribution in [2.75, 3.05) is 13.2 Å². The van der Waals surface area contributed by atoms with Crippen LogP contribution in [0.4, 0.5) is 0 Å². The quantitative estimate of drug-likeness (QED) is 0.0326. The molecule has 404 valence electrons. The van der Waals surface area contributed by atoms with E-state index in [1.807, 2.05) is 0 Å². The van der Waals surface area contributed by atoms with Gasteiger partial charge in [-0.2, -0.15) is 0 Å². The summed E-state index contributed by atoms with van der Waals surface area (Å²) < 4.78 is 9.50. The maximum Gasteiger partial charge on any atom is 0.339 e. The Morgan fingerprint density at radius 1 is 0.256 bits per heavy atom. The van der Waals surface area contributed by atoms with E-state index < -0.39 is 71.6 Å². The van der Waals surface area contributed by atoms with Crippen LogP contribution in [0.3, 0.4) is 0 Å². The molecule has 6 aromatic rings. The molecule has 24 nitrogen and oxygen atoms in total. The fraction of sp³-hybridized carbons (Fsp3) is 0.0370. The van der Waals surface area contributed by atoms with Gasteiger partial charge in [-0.1, -0.05) is 98.1 Å². The molecule has 0 aliphatic rings. The molecule has 0 amide bonds. The lowest BCUT2D eigenvalue weighted by molar-refractivity contribution is 0.0532. The minimum Gasteiger partial charge on any atom is -0.478 e. The molecule has 0 spiro atoms. The van der Waals surface area contributed by atoms with Crippen LogP contribution in [0.1, 0.15) is 124 Å². The van der Waals surface area contributed by atoms with Crippen LogP contribution in [0.25, 0.3) is 0 Å². The van der Waals surface area contributed by atoms with Gasteiger partial charge in [0.1, 0.15) is 13.2 Å².